The van der Waals surface area contributed by atoms with Gasteiger partial charge in [0.15, 0.2) is 5.82 Å². The number of nitrogens with one attached hydrogen (secondary N) is 1. The number of methoxy groups -OCH3 is 1. The number of β-amino-alcohol motifs (C(OH)–C–C–N with tert-alkyl or cyclic N) is 1. The summed E-state index contributed by atoms with van der Waals surface area (Å²) in [6.45, 7) is 4.34. The van der Waals surface area contributed by atoms with Gasteiger partial charge in [-0.05, 0) is 57.9 Å². The van der Waals surface area contributed by atoms with Crippen LogP contribution in [-0.4, -0.2) is 30.4 Å². The third kappa shape index (κ3) is 5.36. The zero-order valence-electron chi connectivity index (χ0n) is 15.3. The number of nitrogens with two attached hydrogens (primary N) is 1. The van der Waals surface area contributed by atoms with E-state index in [0.29, 0.717) is 12.0 Å². The van der Waals surface area contributed by atoms with E-state index >= 15 is 0 Å². The van der Waals surface area contributed by atoms with Gasteiger partial charge in [0.05, 0.1) is 12.2 Å². The Bertz CT molecular complexity index is 573. The molecule has 0 aromatic heterocycles. The summed E-state index contributed by atoms with van der Waals surface area (Å²) >= 11 is 0. The van der Waals surface area contributed by atoms with Crippen LogP contribution in [0.2, 0.25) is 0 Å². The first-order chi connectivity index (χ1) is 11.7. The summed E-state index contributed by atoms with van der Waals surface area (Å²) in [5.74, 6) is -1.08. The maximum atomic E-state index is 14.0. The summed E-state index contributed by atoms with van der Waals surface area (Å²) in [6, 6.07) is 2.32. The average molecular weight is 356 g/mol. The minimum absolute atomic E-state index is 0.0165. The summed E-state index contributed by atoms with van der Waals surface area (Å²) < 4.78 is 32.7. The zero-order valence-corrected chi connectivity index (χ0v) is 15.3. The molecule has 25 heavy (non-hydrogen) atoms. The largest absolute Gasteiger partial charge is 0.394 e. The van der Waals surface area contributed by atoms with E-state index in [0.717, 1.165) is 38.2 Å². The van der Waals surface area contributed by atoms with Gasteiger partial charge < -0.3 is 20.9 Å². The maximum absolute atomic E-state index is 14.0. The molecule has 2 rings (SSSR count). The lowest BCUT2D eigenvalue weighted by molar-refractivity contribution is 0.0504. The fraction of sp³-hybridized carbons (Fsp3) is 0.684. The van der Waals surface area contributed by atoms with Crippen LogP contribution in [0.25, 0.3) is 0 Å². The third-order valence-electron chi connectivity index (χ3n) is 5.22. The van der Waals surface area contributed by atoms with Gasteiger partial charge in [0.25, 0.3) is 0 Å². The Labute approximate surface area is 148 Å². The number of benzene rings is 1. The van der Waals surface area contributed by atoms with Crippen LogP contribution >= 0.6 is 0 Å². The summed E-state index contributed by atoms with van der Waals surface area (Å²) in [7, 11) is 1.76. The second kappa shape index (κ2) is 8.43. The van der Waals surface area contributed by atoms with Crippen molar-refractivity contribution in [3.05, 3.63) is 29.3 Å². The molecule has 4 nitrogen and oxygen atoms in total. The summed E-state index contributed by atoms with van der Waals surface area (Å²) in [6.07, 6.45) is 4.71. The number of halogens is 2. The van der Waals surface area contributed by atoms with Crippen molar-refractivity contribution in [3.63, 3.8) is 0 Å². The normalized spacial score (nSPS) is 22.8. The third-order valence-corrected chi connectivity index (χ3v) is 5.22. The molecule has 0 saturated heterocycles. The van der Waals surface area contributed by atoms with Gasteiger partial charge in [-0.1, -0.05) is 6.07 Å². The van der Waals surface area contributed by atoms with E-state index in [1.54, 1.807) is 7.11 Å². The number of nitrogen functional groups attached to an aromatic ring is 1. The first-order valence-electron chi connectivity index (χ1n) is 8.92. The molecular weight excluding hydrogens is 326 g/mol. The molecule has 1 aliphatic carbocycles. The van der Waals surface area contributed by atoms with Crippen LogP contribution in [0.4, 0.5) is 14.5 Å². The molecule has 1 atom stereocenters. The van der Waals surface area contributed by atoms with E-state index < -0.39 is 23.4 Å². The lowest BCUT2D eigenvalue weighted by Gasteiger charge is -2.35. The van der Waals surface area contributed by atoms with Gasteiger partial charge in [-0.25, -0.2) is 8.78 Å². The molecule has 1 aromatic rings. The highest BCUT2D eigenvalue weighted by Crippen LogP contribution is 2.32. The number of aliphatic hydroxyl groups excluding tert-OH is 1. The van der Waals surface area contributed by atoms with Crippen LogP contribution in [0.15, 0.2) is 12.1 Å². The molecule has 0 radical (unpaired) electrons. The van der Waals surface area contributed by atoms with Crippen molar-refractivity contribution in [2.45, 2.75) is 63.7 Å². The Morgan fingerprint density at radius 2 is 1.92 bits per heavy atom. The molecule has 0 heterocycles. The molecule has 6 heteroatoms. The molecule has 1 saturated carbocycles. The van der Waals surface area contributed by atoms with E-state index in [-0.39, 0.29) is 17.6 Å². The molecule has 0 unspecified atom stereocenters. The molecule has 1 aromatic carbocycles. The smallest absolute Gasteiger partial charge is 0.154 e. The standard InChI is InChI=1S/C19H30F2N2O2/c1-19(2,10-12-4-6-13(25-3)7-5-12)23-11-16(24)14-8-9-15(20)18(22)17(14)21/h8-9,12-13,16,23-24H,4-7,10-11,22H2,1-3H3/t12-,13+,16-/m0/s1. The van der Waals surface area contributed by atoms with Gasteiger partial charge in [-0.3, -0.25) is 0 Å². The molecule has 0 spiro atoms. The zero-order chi connectivity index (χ0) is 18.6. The van der Waals surface area contributed by atoms with Crippen LogP contribution in [0, 0.1) is 17.6 Å². The minimum atomic E-state index is -1.08. The van der Waals surface area contributed by atoms with Gasteiger partial charge >= 0.3 is 0 Å². The molecule has 142 valence electrons. The van der Waals surface area contributed by atoms with Gasteiger partial charge in [0.1, 0.15) is 11.5 Å². The van der Waals surface area contributed by atoms with E-state index in [9.17, 15) is 13.9 Å². The van der Waals surface area contributed by atoms with Crippen molar-refractivity contribution in [3.8, 4) is 0 Å². The Hall–Kier alpha value is -1.24. The molecule has 1 fully saturated rings. The van der Waals surface area contributed by atoms with Crippen molar-refractivity contribution in [2.24, 2.45) is 5.92 Å². The average Bonchev–Trinajstić information content (AvgIpc) is 2.58. The first-order valence-corrected chi connectivity index (χ1v) is 8.92. The summed E-state index contributed by atoms with van der Waals surface area (Å²) in [5, 5.41) is 13.6. The number of hydrogen-bond donors (Lipinski definition) is 3. The van der Waals surface area contributed by atoms with Crippen LogP contribution in [-0.2, 0) is 4.74 Å². The molecule has 0 bridgehead atoms. The van der Waals surface area contributed by atoms with Crippen LogP contribution in [0.5, 0.6) is 0 Å². The molecule has 4 N–H and O–H groups in total. The second-order valence-electron chi connectivity index (χ2n) is 7.73. The van der Waals surface area contributed by atoms with Crippen molar-refractivity contribution in [2.75, 3.05) is 19.4 Å². The fourth-order valence-electron chi connectivity index (χ4n) is 3.69. The van der Waals surface area contributed by atoms with Gasteiger partial charge in [-0.15, -0.1) is 0 Å². The van der Waals surface area contributed by atoms with Crippen LogP contribution < -0.4 is 11.1 Å². The highest BCUT2D eigenvalue weighted by molar-refractivity contribution is 5.45. The highest BCUT2D eigenvalue weighted by atomic mass is 19.1. The van der Waals surface area contributed by atoms with Gasteiger partial charge in [0, 0.05) is 24.8 Å². The first kappa shape index (κ1) is 20.1. The Kier molecular flexibility index (Phi) is 6.77. The predicted molar refractivity (Wildman–Crippen MR) is 95.2 cm³/mol. The quantitative estimate of drug-likeness (QED) is 0.654. The molecular formula is C19H30F2N2O2. The lowest BCUT2D eigenvalue weighted by Crippen LogP contribution is -2.43. The van der Waals surface area contributed by atoms with Crippen molar-refractivity contribution < 1.29 is 18.6 Å². The Balaban J connectivity index is 1.88. The monoisotopic (exact) mass is 356 g/mol. The lowest BCUT2D eigenvalue weighted by atomic mass is 9.79. The number of ether oxygens (including phenoxy) is 1. The SMILES string of the molecule is CO[C@H]1CC[C@@H](CC(C)(C)NC[C@H](O)c2ccc(F)c(N)c2F)CC1. The Morgan fingerprint density at radius 1 is 1.28 bits per heavy atom. The maximum Gasteiger partial charge on any atom is 0.154 e. The van der Waals surface area contributed by atoms with E-state index in [4.69, 9.17) is 10.5 Å². The highest BCUT2D eigenvalue weighted by Gasteiger charge is 2.28. The van der Waals surface area contributed by atoms with Crippen LogP contribution in [0.3, 0.4) is 0 Å². The van der Waals surface area contributed by atoms with E-state index in [2.05, 4.69) is 19.2 Å². The second-order valence-corrected chi connectivity index (χ2v) is 7.73. The molecule has 0 aliphatic heterocycles. The molecule has 0 amide bonds. The topological polar surface area (TPSA) is 67.5 Å². The fourth-order valence-corrected chi connectivity index (χ4v) is 3.69. The number of hydrogen-bond acceptors (Lipinski definition) is 4. The summed E-state index contributed by atoms with van der Waals surface area (Å²) in [4.78, 5) is 0. The summed E-state index contributed by atoms with van der Waals surface area (Å²) in [5.41, 5.74) is 4.64. The van der Waals surface area contributed by atoms with Crippen molar-refractivity contribution in [1.29, 1.82) is 0 Å². The minimum Gasteiger partial charge on any atom is -0.394 e. The van der Waals surface area contributed by atoms with E-state index in [1.165, 1.54) is 6.07 Å². The van der Waals surface area contributed by atoms with Crippen LogP contribution in [0.1, 0.15) is 57.6 Å². The van der Waals surface area contributed by atoms with Gasteiger partial charge in [-0.2, -0.15) is 0 Å². The number of aliphatic hydroxyl groups is 1. The predicted octanol–water partition coefficient (Wildman–Crippen LogP) is 3.54. The van der Waals surface area contributed by atoms with Gasteiger partial charge in [0.2, 0.25) is 0 Å². The van der Waals surface area contributed by atoms with Crippen molar-refractivity contribution >= 4 is 5.69 Å². The Morgan fingerprint density at radius 3 is 2.52 bits per heavy atom. The van der Waals surface area contributed by atoms with E-state index in [1.807, 2.05) is 0 Å². The molecule has 1 aliphatic rings. The number of anilines is 1. The number of rotatable bonds is 7. The van der Waals surface area contributed by atoms with Crippen molar-refractivity contribution in [1.82, 2.24) is 5.32 Å².